The fourth-order valence-electron chi connectivity index (χ4n) is 4.98. The van der Waals surface area contributed by atoms with Gasteiger partial charge in [-0.3, -0.25) is 4.79 Å². The molecular formula is C31H28Cl2N6O. The van der Waals surface area contributed by atoms with Gasteiger partial charge in [-0.15, -0.1) is 0 Å². The zero-order valence-corrected chi connectivity index (χ0v) is 23.5. The summed E-state index contributed by atoms with van der Waals surface area (Å²) in [5.74, 6) is 0.420. The number of likely N-dealkylation sites (N-methyl/N-ethyl adjacent to an activating group) is 1. The van der Waals surface area contributed by atoms with Crippen molar-refractivity contribution < 1.29 is 0 Å². The lowest BCUT2D eigenvalue weighted by molar-refractivity contribution is 0.313. The number of fused-ring (bicyclic) bond motifs is 1. The Morgan fingerprint density at radius 2 is 1.57 bits per heavy atom. The Kier molecular flexibility index (Phi) is 7.43. The lowest BCUT2D eigenvalue weighted by Crippen LogP contribution is -2.44. The number of benzene rings is 3. The van der Waals surface area contributed by atoms with Gasteiger partial charge in [0.15, 0.2) is 0 Å². The van der Waals surface area contributed by atoms with Crippen molar-refractivity contribution in [2.24, 2.45) is 0 Å². The van der Waals surface area contributed by atoms with E-state index in [1.54, 1.807) is 29.0 Å². The van der Waals surface area contributed by atoms with E-state index in [1.807, 2.05) is 48.7 Å². The third kappa shape index (κ3) is 5.41. The van der Waals surface area contributed by atoms with E-state index < -0.39 is 0 Å². The summed E-state index contributed by atoms with van der Waals surface area (Å²) in [7, 11) is 2.15. The van der Waals surface area contributed by atoms with Crippen molar-refractivity contribution in [1.29, 1.82) is 0 Å². The van der Waals surface area contributed by atoms with Gasteiger partial charge in [-0.2, -0.15) is 0 Å². The van der Waals surface area contributed by atoms with Crippen LogP contribution in [0.3, 0.4) is 0 Å². The monoisotopic (exact) mass is 570 g/mol. The van der Waals surface area contributed by atoms with Gasteiger partial charge in [-0.1, -0.05) is 59.6 Å². The molecule has 3 aromatic carbocycles. The van der Waals surface area contributed by atoms with Gasteiger partial charge in [0.25, 0.3) is 5.56 Å². The molecule has 40 heavy (non-hydrogen) atoms. The highest BCUT2D eigenvalue weighted by molar-refractivity contribution is 6.36. The Morgan fingerprint density at radius 3 is 2.27 bits per heavy atom. The molecule has 3 heterocycles. The lowest BCUT2D eigenvalue weighted by atomic mass is 10.0. The van der Waals surface area contributed by atoms with E-state index in [0.717, 1.165) is 43.0 Å². The number of rotatable bonds is 6. The number of halogens is 2. The first-order valence-electron chi connectivity index (χ1n) is 13.2. The standard InChI is InChI=1S/C31H28Cl2N6O/c1-37-14-16-38(17-15-37)23-12-10-22(11-13-23)35-31-34-18-24-29(36-31)25(21-6-3-2-4-7-21)19-39(30(24)40)20-26-27(32)8-5-9-28(26)33/h2-13,18-19H,14-17,20H2,1H3,(H,34,35,36). The molecule has 1 aliphatic rings. The van der Waals surface area contributed by atoms with Gasteiger partial charge in [0.2, 0.25) is 5.95 Å². The van der Waals surface area contributed by atoms with Crippen LogP contribution in [-0.4, -0.2) is 52.7 Å². The number of nitrogens with one attached hydrogen (secondary N) is 1. The van der Waals surface area contributed by atoms with E-state index >= 15 is 0 Å². The number of pyridine rings is 1. The number of nitrogens with zero attached hydrogens (tertiary/aromatic N) is 5. The van der Waals surface area contributed by atoms with Crippen LogP contribution in [0.4, 0.5) is 17.3 Å². The Balaban J connectivity index is 1.35. The summed E-state index contributed by atoms with van der Waals surface area (Å²) in [6.07, 6.45) is 3.41. The minimum absolute atomic E-state index is 0.214. The molecule has 0 radical (unpaired) electrons. The maximum Gasteiger partial charge on any atom is 0.261 e. The zero-order chi connectivity index (χ0) is 27.6. The van der Waals surface area contributed by atoms with Crippen LogP contribution < -0.4 is 15.8 Å². The van der Waals surface area contributed by atoms with E-state index in [2.05, 4.69) is 39.3 Å². The second kappa shape index (κ2) is 11.3. The maximum atomic E-state index is 13.6. The predicted molar refractivity (Wildman–Crippen MR) is 164 cm³/mol. The number of aromatic nitrogens is 3. The molecule has 0 aliphatic carbocycles. The van der Waals surface area contributed by atoms with E-state index in [9.17, 15) is 4.79 Å². The van der Waals surface area contributed by atoms with Crippen molar-refractivity contribution in [2.75, 3.05) is 43.4 Å². The quantitative estimate of drug-likeness (QED) is 0.258. The highest BCUT2D eigenvalue weighted by Crippen LogP contribution is 2.29. The highest BCUT2D eigenvalue weighted by atomic mass is 35.5. The van der Waals surface area contributed by atoms with Gasteiger partial charge in [0.05, 0.1) is 17.4 Å². The smallest absolute Gasteiger partial charge is 0.261 e. The molecule has 2 aromatic heterocycles. The van der Waals surface area contributed by atoms with E-state index in [0.29, 0.717) is 32.5 Å². The molecule has 0 saturated carbocycles. The Bertz CT molecular complexity index is 1690. The third-order valence-corrected chi connectivity index (χ3v) is 8.00. The SMILES string of the molecule is CN1CCN(c2ccc(Nc3ncc4c(=O)n(Cc5c(Cl)cccc5Cl)cc(-c5ccccc5)c4n3)cc2)CC1. The van der Waals surface area contributed by atoms with Crippen LogP contribution in [0.2, 0.25) is 10.0 Å². The molecule has 1 fully saturated rings. The number of hydrogen-bond donors (Lipinski definition) is 1. The fourth-order valence-corrected chi connectivity index (χ4v) is 5.50. The molecule has 1 aliphatic heterocycles. The van der Waals surface area contributed by atoms with E-state index in [-0.39, 0.29) is 12.1 Å². The largest absolute Gasteiger partial charge is 0.369 e. The molecular weight excluding hydrogens is 543 g/mol. The minimum atomic E-state index is -0.214. The lowest BCUT2D eigenvalue weighted by Gasteiger charge is -2.34. The molecule has 0 bridgehead atoms. The van der Waals surface area contributed by atoms with Crippen LogP contribution in [0.15, 0.2) is 90.0 Å². The zero-order valence-electron chi connectivity index (χ0n) is 22.0. The molecule has 1 saturated heterocycles. The molecule has 0 spiro atoms. The van der Waals surface area contributed by atoms with Gasteiger partial charge < -0.3 is 19.7 Å². The summed E-state index contributed by atoms with van der Waals surface area (Å²) in [4.78, 5) is 27.6. The second-order valence-electron chi connectivity index (χ2n) is 9.96. The Labute approximate surface area is 242 Å². The van der Waals surface area contributed by atoms with E-state index in [4.69, 9.17) is 28.2 Å². The number of anilines is 3. The molecule has 6 rings (SSSR count). The summed E-state index contributed by atoms with van der Waals surface area (Å²) in [6.45, 7) is 4.37. The van der Waals surface area contributed by atoms with Crippen LogP contribution in [-0.2, 0) is 6.54 Å². The fraction of sp³-hybridized carbons (Fsp3) is 0.194. The minimum Gasteiger partial charge on any atom is -0.369 e. The molecule has 0 unspecified atom stereocenters. The summed E-state index contributed by atoms with van der Waals surface area (Å²) in [5, 5.41) is 4.74. The molecule has 7 nitrogen and oxygen atoms in total. The first kappa shape index (κ1) is 26.3. The first-order chi connectivity index (χ1) is 19.5. The van der Waals surface area contributed by atoms with Gasteiger partial charge in [0.1, 0.15) is 0 Å². The second-order valence-corrected chi connectivity index (χ2v) is 10.8. The van der Waals surface area contributed by atoms with Crippen molar-refractivity contribution in [3.05, 3.63) is 111 Å². The van der Waals surface area contributed by atoms with Crippen molar-refractivity contribution in [2.45, 2.75) is 6.54 Å². The summed E-state index contributed by atoms with van der Waals surface area (Å²) >= 11 is 12.9. The Morgan fingerprint density at radius 1 is 0.875 bits per heavy atom. The van der Waals surface area contributed by atoms with Crippen molar-refractivity contribution in [1.82, 2.24) is 19.4 Å². The van der Waals surface area contributed by atoms with Crippen molar-refractivity contribution in [3.63, 3.8) is 0 Å². The summed E-state index contributed by atoms with van der Waals surface area (Å²) in [5.41, 5.74) is 4.87. The van der Waals surface area contributed by atoms with Gasteiger partial charge >= 0.3 is 0 Å². The average Bonchev–Trinajstić information content (AvgIpc) is 2.97. The van der Waals surface area contributed by atoms with Crippen molar-refractivity contribution >= 4 is 51.4 Å². The van der Waals surface area contributed by atoms with Crippen molar-refractivity contribution in [3.8, 4) is 11.1 Å². The predicted octanol–water partition coefficient (Wildman–Crippen LogP) is 6.31. The molecule has 0 amide bonds. The summed E-state index contributed by atoms with van der Waals surface area (Å²) in [6, 6.07) is 23.5. The van der Waals surface area contributed by atoms with E-state index in [1.165, 1.54) is 5.69 Å². The molecule has 0 atom stereocenters. The normalized spacial score (nSPS) is 14.0. The van der Waals surface area contributed by atoms with Crippen LogP contribution in [0.5, 0.6) is 0 Å². The first-order valence-corrected chi connectivity index (χ1v) is 13.9. The number of piperazine rings is 1. The Hall–Kier alpha value is -3.91. The van der Waals surface area contributed by atoms with Gasteiger partial charge in [-0.05, 0) is 49.0 Å². The van der Waals surface area contributed by atoms with Crippen LogP contribution >= 0.6 is 23.2 Å². The van der Waals surface area contributed by atoms with Gasteiger partial charge in [0, 0.05) is 71.1 Å². The maximum absolute atomic E-state index is 13.6. The number of hydrogen-bond acceptors (Lipinski definition) is 6. The topological polar surface area (TPSA) is 66.3 Å². The highest BCUT2D eigenvalue weighted by Gasteiger charge is 2.17. The average molecular weight is 572 g/mol. The molecule has 5 aromatic rings. The van der Waals surface area contributed by atoms with Crippen LogP contribution in [0.25, 0.3) is 22.0 Å². The molecule has 202 valence electrons. The molecule has 9 heteroatoms. The third-order valence-electron chi connectivity index (χ3n) is 7.29. The van der Waals surface area contributed by atoms with Gasteiger partial charge in [-0.25, -0.2) is 9.97 Å². The van der Waals surface area contributed by atoms with Crippen LogP contribution in [0, 0.1) is 0 Å². The summed E-state index contributed by atoms with van der Waals surface area (Å²) < 4.78 is 1.62. The molecule has 1 N–H and O–H groups in total. The van der Waals surface area contributed by atoms with Crippen LogP contribution in [0.1, 0.15) is 5.56 Å².